The predicted octanol–water partition coefficient (Wildman–Crippen LogP) is 1.53. The van der Waals surface area contributed by atoms with E-state index in [9.17, 15) is 4.79 Å². The number of carbonyl (C=O) groups is 1. The molecule has 0 aromatic rings. The Bertz CT molecular complexity index is 281. The Labute approximate surface area is 110 Å². The first-order chi connectivity index (χ1) is 8.72. The number of hydrogen-bond donors (Lipinski definition) is 1. The van der Waals surface area contributed by atoms with Crippen molar-refractivity contribution in [3.8, 4) is 0 Å². The van der Waals surface area contributed by atoms with Crippen molar-refractivity contribution in [3.05, 3.63) is 0 Å². The molecule has 0 spiro atoms. The van der Waals surface area contributed by atoms with Gasteiger partial charge in [-0.2, -0.15) is 0 Å². The van der Waals surface area contributed by atoms with E-state index in [0.29, 0.717) is 0 Å². The first kappa shape index (κ1) is 13.8. The number of ether oxygens (including phenoxy) is 1. The number of methoxy groups -OCH3 is 1. The van der Waals surface area contributed by atoms with Gasteiger partial charge in [-0.3, -0.25) is 4.79 Å². The molecule has 2 aliphatic rings. The number of hydrogen-bond acceptors (Lipinski definition) is 4. The lowest BCUT2D eigenvalue weighted by Gasteiger charge is -2.44. The molecule has 2 rings (SSSR count). The molecule has 3 atom stereocenters. The maximum atomic E-state index is 11.3. The van der Waals surface area contributed by atoms with Crippen molar-refractivity contribution < 1.29 is 9.53 Å². The van der Waals surface area contributed by atoms with Crippen molar-refractivity contribution >= 4 is 5.97 Å². The molecule has 0 amide bonds. The highest BCUT2D eigenvalue weighted by molar-refractivity contribution is 5.75. The van der Waals surface area contributed by atoms with E-state index in [1.807, 2.05) is 0 Å². The lowest BCUT2D eigenvalue weighted by atomic mass is 9.78. The molecule has 104 valence electrons. The van der Waals surface area contributed by atoms with Crippen molar-refractivity contribution in [3.63, 3.8) is 0 Å². The van der Waals surface area contributed by atoms with E-state index in [2.05, 4.69) is 9.64 Å². The van der Waals surface area contributed by atoms with Crippen LogP contribution in [0.25, 0.3) is 0 Å². The van der Waals surface area contributed by atoms with Gasteiger partial charge in [0.05, 0.1) is 7.11 Å². The summed E-state index contributed by atoms with van der Waals surface area (Å²) in [6, 6.07) is 0.288. The normalized spacial score (nSPS) is 30.6. The Morgan fingerprint density at radius 3 is 2.83 bits per heavy atom. The zero-order valence-corrected chi connectivity index (χ0v) is 11.4. The van der Waals surface area contributed by atoms with E-state index in [4.69, 9.17) is 5.73 Å². The molecule has 18 heavy (non-hydrogen) atoms. The Kier molecular flexibility index (Phi) is 5.01. The summed E-state index contributed by atoms with van der Waals surface area (Å²) in [6.07, 6.45) is 8.90. The Hall–Kier alpha value is -0.610. The number of nitrogens with two attached hydrogens (primary N) is 1. The molecular formula is C14H26N2O2. The van der Waals surface area contributed by atoms with Gasteiger partial charge in [0.2, 0.25) is 0 Å². The van der Waals surface area contributed by atoms with Crippen LogP contribution >= 0.6 is 0 Å². The third-order valence-corrected chi connectivity index (χ3v) is 4.59. The Morgan fingerprint density at radius 1 is 1.33 bits per heavy atom. The summed E-state index contributed by atoms with van der Waals surface area (Å²) in [5.74, 6) is 0.606. The summed E-state index contributed by atoms with van der Waals surface area (Å²) in [4.78, 5) is 13.9. The third kappa shape index (κ3) is 3.23. The molecular weight excluding hydrogens is 228 g/mol. The second kappa shape index (κ2) is 6.53. The molecule has 1 aliphatic heterocycles. The van der Waals surface area contributed by atoms with Crippen molar-refractivity contribution in [2.45, 2.75) is 57.0 Å². The molecule has 3 unspecified atom stereocenters. The molecule has 2 fully saturated rings. The Balaban J connectivity index is 1.82. The third-order valence-electron chi connectivity index (χ3n) is 4.59. The van der Waals surface area contributed by atoms with Crippen LogP contribution < -0.4 is 5.73 Å². The minimum atomic E-state index is -0.459. The monoisotopic (exact) mass is 254 g/mol. The van der Waals surface area contributed by atoms with Crippen LogP contribution in [-0.2, 0) is 9.53 Å². The summed E-state index contributed by atoms with van der Waals surface area (Å²) in [5.41, 5.74) is 5.81. The van der Waals surface area contributed by atoms with E-state index in [1.54, 1.807) is 0 Å². The minimum absolute atomic E-state index is 0.285. The van der Waals surface area contributed by atoms with Crippen LogP contribution in [0.15, 0.2) is 0 Å². The van der Waals surface area contributed by atoms with Gasteiger partial charge in [0, 0.05) is 12.6 Å². The van der Waals surface area contributed by atoms with Gasteiger partial charge >= 0.3 is 5.97 Å². The lowest BCUT2D eigenvalue weighted by Crippen LogP contribution is -2.48. The van der Waals surface area contributed by atoms with Gasteiger partial charge in [-0.05, 0) is 44.6 Å². The molecule has 4 heteroatoms. The van der Waals surface area contributed by atoms with Crippen LogP contribution in [0, 0.1) is 5.92 Å². The van der Waals surface area contributed by atoms with E-state index in [1.165, 1.54) is 52.2 Å². The van der Waals surface area contributed by atoms with Crippen LogP contribution in [0.3, 0.4) is 0 Å². The second-order valence-electron chi connectivity index (χ2n) is 5.71. The van der Waals surface area contributed by atoms with E-state index < -0.39 is 6.04 Å². The number of piperidine rings is 1. The molecule has 2 N–H and O–H groups in total. The zero-order valence-electron chi connectivity index (χ0n) is 11.4. The second-order valence-corrected chi connectivity index (χ2v) is 5.71. The quantitative estimate of drug-likeness (QED) is 0.773. The average Bonchev–Trinajstić information content (AvgIpc) is 2.43. The number of likely N-dealkylation sites (tertiary alicyclic amines) is 1. The molecule has 4 nitrogen and oxygen atoms in total. The van der Waals surface area contributed by atoms with Crippen molar-refractivity contribution in [2.75, 3.05) is 20.2 Å². The molecule has 1 saturated carbocycles. The van der Waals surface area contributed by atoms with Crippen LogP contribution in [0.5, 0.6) is 0 Å². The van der Waals surface area contributed by atoms with E-state index >= 15 is 0 Å². The highest BCUT2D eigenvalue weighted by atomic mass is 16.5. The summed E-state index contributed by atoms with van der Waals surface area (Å²) >= 11 is 0. The van der Waals surface area contributed by atoms with Crippen LogP contribution in [0.4, 0.5) is 0 Å². The topological polar surface area (TPSA) is 55.6 Å². The first-order valence-corrected chi connectivity index (χ1v) is 7.30. The zero-order chi connectivity index (χ0) is 13.0. The first-order valence-electron chi connectivity index (χ1n) is 7.30. The van der Waals surface area contributed by atoms with Crippen molar-refractivity contribution in [1.82, 2.24) is 4.90 Å². The maximum absolute atomic E-state index is 11.3. The van der Waals surface area contributed by atoms with Gasteiger partial charge in [-0.1, -0.05) is 12.8 Å². The molecule has 1 aliphatic carbocycles. The van der Waals surface area contributed by atoms with Gasteiger partial charge in [0.15, 0.2) is 0 Å². The number of carbonyl (C=O) groups excluding carboxylic acids is 1. The van der Waals surface area contributed by atoms with E-state index in [0.717, 1.165) is 24.9 Å². The van der Waals surface area contributed by atoms with Gasteiger partial charge in [0.25, 0.3) is 0 Å². The molecule has 1 saturated heterocycles. The predicted molar refractivity (Wildman–Crippen MR) is 71.2 cm³/mol. The fourth-order valence-corrected chi connectivity index (χ4v) is 3.58. The largest absolute Gasteiger partial charge is 0.468 e. The van der Waals surface area contributed by atoms with Gasteiger partial charge < -0.3 is 15.4 Å². The standard InChI is InChI=1S/C14H26N2O2/c1-18-14(17)12(15)8-10-16-9-4-6-11-5-2-3-7-13(11)16/h11-13H,2-10,15H2,1H3. The average molecular weight is 254 g/mol. The summed E-state index contributed by atoms with van der Waals surface area (Å²) in [6.45, 7) is 2.12. The molecule has 0 aromatic heterocycles. The number of rotatable bonds is 4. The van der Waals surface area contributed by atoms with Crippen molar-refractivity contribution in [2.24, 2.45) is 11.7 Å². The van der Waals surface area contributed by atoms with Crippen LogP contribution in [-0.4, -0.2) is 43.2 Å². The molecule has 1 heterocycles. The highest BCUT2D eigenvalue weighted by Gasteiger charge is 2.33. The molecule has 0 aromatic carbocycles. The van der Waals surface area contributed by atoms with Gasteiger partial charge in [-0.25, -0.2) is 0 Å². The smallest absolute Gasteiger partial charge is 0.322 e. The number of nitrogens with zero attached hydrogens (tertiary/aromatic N) is 1. The summed E-state index contributed by atoms with van der Waals surface area (Å²) < 4.78 is 4.68. The lowest BCUT2D eigenvalue weighted by molar-refractivity contribution is -0.142. The highest BCUT2D eigenvalue weighted by Crippen LogP contribution is 2.35. The molecule has 0 bridgehead atoms. The van der Waals surface area contributed by atoms with E-state index in [-0.39, 0.29) is 5.97 Å². The summed E-state index contributed by atoms with van der Waals surface area (Å²) in [7, 11) is 1.40. The van der Waals surface area contributed by atoms with Crippen LogP contribution in [0.1, 0.15) is 44.9 Å². The summed E-state index contributed by atoms with van der Waals surface area (Å²) in [5, 5.41) is 0. The van der Waals surface area contributed by atoms with Crippen LogP contribution in [0.2, 0.25) is 0 Å². The Morgan fingerprint density at radius 2 is 2.06 bits per heavy atom. The fourth-order valence-electron chi connectivity index (χ4n) is 3.58. The van der Waals surface area contributed by atoms with Gasteiger partial charge in [-0.15, -0.1) is 0 Å². The number of fused-ring (bicyclic) bond motifs is 1. The fraction of sp³-hybridized carbons (Fsp3) is 0.929. The van der Waals surface area contributed by atoms with Crippen molar-refractivity contribution in [1.29, 1.82) is 0 Å². The SMILES string of the molecule is COC(=O)C(N)CCN1CCCC2CCCCC21. The maximum Gasteiger partial charge on any atom is 0.322 e. The van der Waals surface area contributed by atoms with Gasteiger partial charge in [0.1, 0.15) is 6.04 Å². The minimum Gasteiger partial charge on any atom is -0.468 e. The number of esters is 1. The molecule has 0 radical (unpaired) electrons.